The van der Waals surface area contributed by atoms with E-state index in [1.54, 1.807) is 12.3 Å². The highest BCUT2D eigenvalue weighted by molar-refractivity contribution is 7.99. The molecule has 3 aromatic carbocycles. The number of nitrogens with zero attached hydrogens (tertiary/aromatic N) is 1. The molecule has 0 spiro atoms. The second-order valence-electron chi connectivity index (χ2n) is 11.2. The highest BCUT2D eigenvalue weighted by Gasteiger charge is 2.38. The number of aliphatic hydroxyl groups is 1. The maximum atomic E-state index is 12.1. The first-order chi connectivity index (χ1) is 22.7. The summed E-state index contributed by atoms with van der Waals surface area (Å²) in [5, 5.41) is 31.2. The Bertz CT molecular complexity index is 1700. The van der Waals surface area contributed by atoms with Crippen molar-refractivity contribution in [2.24, 2.45) is 5.92 Å². The first kappa shape index (κ1) is 33.8. The molecule has 5 rings (SSSR count). The van der Waals surface area contributed by atoms with Gasteiger partial charge in [0.15, 0.2) is 6.29 Å². The molecular weight excluding hydrogens is 620 g/mol. The van der Waals surface area contributed by atoms with Crippen molar-refractivity contribution >= 4 is 29.6 Å². The van der Waals surface area contributed by atoms with Crippen molar-refractivity contribution in [1.29, 1.82) is 0 Å². The number of carboxylic acids is 2. The summed E-state index contributed by atoms with van der Waals surface area (Å²) in [4.78, 5) is 39.0. The summed E-state index contributed by atoms with van der Waals surface area (Å²) in [5.74, 6) is -2.02. The van der Waals surface area contributed by atoms with Crippen molar-refractivity contribution in [1.82, 2.24) is 10.3 Å². The number of aromatic carboxylic acids is 1. The molecule has 1 saturated heterocycles. The average Bonchev–Trinajstić information content (AvgIpc) is 3.09. The lowest BCUT2D eigenvalue weighted by Gasteiger charge is -2.41. The van der Waals surface area contributed by atoms with Gasteiger partial charge in [-0.3, -0.25) is 9.59 Å². The van der Waals surface area contributed by atoms with Crippen LogP contribution in [0.1, 0.15) is 64.8 Å². The number of aliphatic carboxylic acids is 1. The van der Waals surface area contributed by atoms with Gasteiger partial charge in [0.25, 0.3) is 0 Å². The predicted octanol–water partition coefficient (Wildman–Crippen LogP) is 6.00. The zero-order valence-corrected chi connectivity index (χ0v) is 26.6. The maximum Gasteiger partial charge on any atom is 0.338 e. The zero-order valence-electron chi connectivity index (χ0n) is 25.7. The zero-order chi connectivity index (χ0) is 33.3. The third-order valence-electron chi connectivity index (χ3n) is 8.06. The summed E-state index contributed by atoms with van der Waals surface area (Å²) >= 11 is 1.33. The largest absolute Gasteiger partial charge is 0.481 e. The lowest BCUT2D eigenvalue weighted by molar-refractivity contribution is -0.268. The van der Waals surface area contributed by atoms with Gasteiger partial charge >= 0.3 is 11.9 Å². The molecule has 4 atom stereocenters. The molecule has 11 heteroatoms. The van der Waals surface area contributed by atoms with E-state index in [9.17, 15) is 24.6 Å². The molecule has 0 bridgehead atoms. The number of ether oxygens (including phenoxy) is 2. The molecule has 0 saturated carbocycles. The first-order valence-corrected chi connectivity index (χ1v) is 16.2. The summed E-state index contributed by atoms with van der Waals surface area (Å²) < 4.78 is 13.1. The summed E-state index contributed by atoms with van der Waals surface area (Å²) in [6.45, 7) is 2.25. The highest BCUT2D eigenvalue weighted by atomic mass is 32.2. The number of hydrogen-bond acceptors (Lipinski definition) is 8. The lowest BCUT2D eigenvalue weighted by Crippen LogP contribution is -2.38. The van der Waals surface area contributed by atoms with Gasteiger partial charge in [-0.2, -0.15) is 0 Å². The van der Waals surface area contributed by atoms with Crippen LogP contribution in [0.3, 0.4) is 0 Å². The molecule has 1 aliphatic rings. The Kier molecular flexibility index (Phi) is 11.4. The van der Waals surface area contributed by atoms with E-state index in [0.29, 0.717) is 10.8 Å². The van der Waals surface area contributed by atoms with Gasteiger partial charge in [-0.15, -0.1) is 11.8 Å². The molecular formula is C36H36N2O8S. The second-order valence-corrected chi connectivity index (χ2v) is 12.3. The SMILES string of the molecule is C[C@@H]1[C@H](CSc2ncccc2C(=O)O)O[C@H](c2ccc(-c3ccccc3CNC(=O)CCC(=O)O)cc2)O[C@@H]1c1ccc(CO)cc1. The fourth-order valence-electron chi connectivity index (χ4n) is 5.42. The maximum absolute atomic E-state index is 12.1. The molecule has 2 heterocycles. The Morgan fingerprint density at radius 1 is 0.872 bits per heavy atom. The van der Waals surface area contributed by atoms with Gasteiger partial charge in [0.2, 0.25) is 5.91 Å². The number of nitrogens with one attached hydrogen (secondary N) is 1. The fraction of sp³-hybridized carbons (Fsp3) is 0.278. The first-order valence-electron chi connectivity index (χ1n) is 15.2. The van der Waals surface area contributed by atoms with Gasteiger partial charge in [0.05, 0.1) is 30.8 Å². The summed E-state index contributed by atoms with van der Waals surface area (Å²) in [6, 6.07) is 26.3. The van der Waals surface area contributed by atoms with E-state index in [2.05, 4.69) is 10.3 Å². The van der Waals surface area contributed by atoms with Crippen molar-refractivity contribution < 1.29 is 39.2 Å². The van der Waals surface area contributed by atoms with E-state index >= 15 is 0 Å². The standard InChI is InChI=1S/C36H36N2O8S/c1-22-30(21-47-34-29(35(43)44)7-4-18-37-34)45-36(46-33(22)25-10-8-23(20-39)9-11-25)26-14-12-24(13-15-26)28-6-3-2-5-27(28)19-38-31(40)16-17-32(41)42/h2-15,18,22,30,33,36,39H,16-17,19-21H2,1H3,(H,38,40)(H,41,42)(H,43,44)/t22-,30+,33+,36+/m1/s1. The molecule has 47 heavy (non-hydrogen) atoms. The number of carboxylic acid groups (broad SMARTS) is 2. The van der Waals surface area contributed by atoms with Crippen LogP contribution in [-0.4, -0.2) is 50.0 Å². The van der Waals surface area contributed by atoms with Crippen LogP contribution in [0.5, 0.6) is 0 Å². The van der Waals surface area contributed by atoms with E-state index in [1.165, 1.54) is 17.8 Å². The number of thioether (sulfide) groups is 1. The molecule has 1 aromatic heterocycles. The van der Waals surface area contributed by atoms with Crippen molar-refractivity contribution in [2.75, 3.05) is 5.75 Å². The van der Waals surface area contributed by atoms with E-state index in [4.69, 9.17) is 14.6 Å². The Hall–Kier alpha value is -4.55. The van der Waals surface area contributed by atoms with E-state index < -0.39 is 18.2 Å². The van der Waals surface area contributed by atoms with Crippen LogP contribution in [0.15, 0.2) is 96.2 Å². The summed E-state index contributed by atoms with van der Waals surface area (Å²) in [6.07, 6.45) is -0.0830. The number of rotatable bonds is 13. The molecule has 1 fully saturated rings. The number of carbonyl (C=O) groups is 3. The van der Waals surface area contributed by atoms with E-state index in [1.807, 2.05) is 79.7 Å². The van der Waals surface area contributed by atoms with Gasteiger partial charge in [-0.05, 0) is 39.9 Å². The molecule has 4 aromatic rings. The molecule has 1 aliphatic heterocycles. The van der Waals surface area contributed by atoms with Crippen LogP contribution >= 0.6 is 11.8 Å². The Morgan fingerprint density at radius 3 is 2.30 bits per heavy atom. The van der Waals surface area contributed by atoms with E-state index in [-0.39, 0.29) is 55.6 Å². The lowest BCUT2D eigenvalue weighted by atomic mass is 9.91. The van der Waals surface area contributed by atoms with Crippen LogP contribution in [0.2, 0.25) is 0 Å². The number of carbonyl (C=O) groups excluding carboxylic acids is 1. The van der Waals surface area contributed by atoms with Gasteiger partial charge in [0.1, 0.15) is 5.03 Å². The van der Waals surface area contributed by atoms with Crippen molar-refractivity contribution in [2.45, 2.75) is 56.4 Å². The number of hydrogen-bond donors (Lipinski definition) is 4. The molecule has 10 nitrogen and oxygen atoms in total. The number of amides is 1. The molecule has 4 N–H and O–H groups in total. The topological polar surface area (TPSA) is 155 Å². The van der Waals surface area contributed by atoms with Gasteiger partial charge in [-0.1, -0.05) is 79.7 Å². The van der Waals surface area contributed by atoms with Crippen LogP contribution in [-0.2, 0) is 32.2 Å². The minimum absolute atomic E-state index is 0.0606. The summed E-state index contributed by atoms with van der Waals surface area (Å²) in [5.41, 5.74) is 5.42. The monoisotopic (exact) mass is 656 g/mol. The fourth-order valence-corrected chi connectivity index (χ4v) is 6.57. The number of pyridine rings is 1. The Morgan fingerprint density at radius 2 is 1.60 bits per heavy atom. The van der Waals surface area contributed by atoms with Crippen molar-refractivity contribution in [3.63, 3.8) is 0 Å². The molecule has 0 aliphatic carbocycles. The van der Waals surface area contributed by atoms with Crippen LogP contribution in [0, 0.1) is 5.92 Å². The van der Waals surface area contributed by atoms with E-state index in [0.717, 1.165) is 33.4 Å². The normalized spacial score (nSPS) is 19.2. The minimum atomic E-state index is -1.04. The number of aliphatic hydroxyl groups excluding tert-OH is 1. The molecule has 0 unspecified atom stereocenters. The molecule has 1 amide bonds. The van der Waals surface area contributed by atoms with Gasteiger partial charge in [0, 0.05) is 36.4 Å². The van der Waals surface area contributed by atoms with Crippen molar-refractivity contribution in [3.8, 4) is 11.1 Å². The van der Waals surface area contributed by atoms with Crippen molar-refractivity contribution in [3.05, 3.63) is 119 Å². The smallest absolute Gasteiger partial charge is 0.338 e. The molecule has 244 valence electrons. The van der Waals surface area contributed by atoms with Crippen LogP contribution < -0.4 is 5.32 Å². The number of benzene rings is 3. The van der Waals surface area contributed by atoms with Crippen LogP contribution in [0.4, 0.5) is 0 Å². The molecule has 0 radical (unpaired) electrons. The minimum Gasteiger partial charge on any atom is -0.481 e. The third kappa shape index (κ3) is 8.63. The van der Waals surface area contributed by atoms with Crippen LogP contribution in [0.25, 0.3) is 11.1 Å². The van der Waals surface area contributed by atoms with Gasteiger partial charge < -0.3 is 30.1 Å². The highest BCUT2D eigenvalue weighted by Crippen LogP contribution is 2.43. The van der Waals surface area contributed by atoms with Gasteiger partial charge in [-0.25, -0.2) is 9.78 Å². The Balaban J connectivity index is 1.36. The quantitative estimate of drug-likeness (QED) is 0.126. The summed E-state index contributed by atoms with van der Waals surface area (Å²) in [7, 11) is 0. The predicted molar refractivity (Wildman–Crippen MR) is 175 cm³/mol. The number of aromatic nitrogens is 1. The average molecular weight is 657 g/mol. The third-order valence-corrected chi connectivity index (χ3v) is 9.16. The Labute approximate surface area is 276 Å². The second kappa shape index (κ2) is 15.8.